The van der Waals surface area contributed by atoms with Gasteiger partial charge in [0.25, 0.3) is 0 Å². The van der Waals surface area contributed by atoms with Crippen molar-refractivity contribution in [3.63, 3.8) is 0 Å². The van der Waals surface area contributed by atoms with Crippen LogP contribution in [0.3, 0.4) is 0 Å². The highest BCUT2D eigenvalue weighted by molar-refractivity contribution is 5.92. The third kappa shape index (κ3) is 2.91. The smallest absolute Gasteiger partial charge is 0.338 e. The van der Waals surface area contributed by atoms with E-state index in [1.807, 2.05) is 12.1 Å². The number of carbonyl (C=O) groups excluding carboxylic acids is 1. The van der Waals surface area contributed by atoms with Crippen molar-refractivity contribution in [3.8, 4) is 16.9 Å². The van der Waals surface area contributed by atoms with Crippen molar-refractivity contribution in [3.05, 3.63) is 48.3 Å². The second-order valence-electron chi connectivity index (χ2n) is 3.88. The Bertz CT molecular complexity index is 567. The number of hydrogen-bond acceptors (Lipinski definition) is 4. The molecule has 0 saturated heterocycles. The van der Waals surface area contributed by atoms with Gasteiger partial charge in [0.1, 0.15) is 5.75 Å². The molecule has 0 bridgehead atoms. The molecule has 1 aromatic carbocycles. The van der Waals surface area contributed by atoms with Gasteiger partial charge in [-0.25, -0.2) is 4.79 Å². The van der Waals surface area contributed by atoms with Gasteiger partial charge >= 0.3 is 5.97 Å². The van der Waals surface area contributed by atoms with Crippen molar-refractivity contribution in [1.82, 2.24) is 4.98 Å². The van der Waals surface area contributed by atoms with Crippen LogP contribution in [0.2, 0.25) is 0 Å². The molecule has 0 aliphatic heterocycles. The molecule has 1 heterocycles. The molecule has 0 N–H and O–H groups in total. The fraction of sp³-hybridized carbons (Fsp3) is 0.200. The van der Waals surface area contributed by atoms with Crippen LogP contribution in [0.1, 0.15) is 17.3 Å². The van der Waals surface area contributed by atoms with Crippen LogP contribution in [0, 0.1) is 0 Å². The zero-order chi connectivity index (χ0) is 13.7. The Morgan fingerprint density at radius 2 is 2.16 bits per heavy atom. The lowest BCUT2D eigenvalue weighted by atomic mass is 10.0. The second kappa shape index (κ2) is 6.00. The predicted octanol–water partition coefficient (Wildman–Crippen LogP) is 2.93. The van der Waals surface area contributed by atoms with Crippen LogP contribution < -0.4 is 4.74 Å². The van der Waals surface area contributed by atoms with Gasteiger partial charge in [-0.3, -0.25) is 4.98 Å². The number of esters is 1. The Labute approximate surface area is 112 Å². The first-order chi connectivity index (χ1) is 9.26. The first kappa shape index (κ1) is 13.1. The molecular weight excluding hydrogens is 242 g/mol. The van der Waals surface area contributed by atoms with E-state index in [-0.39, 0.29) is 5.97 Å². The number of hydrogen-bond donors (Lipinski definition) is 0. The van der Waals surface area contributed by atoms with Crippen LogP contribution in [-0.4, -0.2) is 24.7 Å². The number of benzene rings is 1. The highest BCUT2D eigenvalue weighted by Crippen LogP contribution is 2.30. The summed E-state index contributed by atoms with van der Waals surface area (Å²) in [6.07, 6.45) is 3.43. The molecule has 1 aromatic heterocycles. The molecule has 0 radical (unpaired) electrons. The lowest BCUT2D eigenvalue weighted by molar-refractivity contribution is 0.0526. The predicted molar refractivity (Wildman–Crippen MR) is 72.2 cm³/mol. The number of aromatic nitrogens is 1. The van der Waals surface area contributed by atoms with E-state index >= 15 is 0 Å². The fourth-order valence-corrected chi connectivity index (χ4v) is 1.80. The SMILES string of the molecule is CCOC(=O)c1ccc(OC)c(-c2cccnc2)c1. The molecule has 0 fully saturated rings. The molecule has 98 valence electrons. The van der Waals surface area contributed by atoms with Crippen LogP contribution in [-0.2, 0) is 4.74 Å². The molecule has 4 nitrogen and oxygen atoms in total. The number of methoxy groups -OCH3 is 1. The summed E-state index contributed by atoms with van der Waals surface area (Å²) in [4.78, 5) is 15.8. The average molecular weight is 257 g/mol. The first-order valence-corrected chi connectivity index (χ1v) is 6.01. The zero-order valence-corrected chi connectivity index (χ0v) is 10.9. The Kier molecular flexibility index (Phi) is 4.13. The van der Waals surface area contributed by atoms with E-state index in [0.29, 0.717) is 17.9 Å². The number of ether oxygens (including phenoxy) is 2. The number of rotatable bonds is 4. The second-order valence-corrected chi connectivity index (χ2v) is 3.88. The normalized spacial score (nSPS) is 10.0. The standard InChI is InChI=1S/C15H15NO3/c1-3-19-15(17)11-6-7-14(18-2)13(9-11)12-5-4-8-16-10-12/h4-10H,3H2,1-2H3. The molecule has 2 rings (SSSR count). The summed E-state index contributed by atoms with van der Waals surface area (Å²) in [5.41, 5.74) is 2.22. The molecule has 0 unspecified atom stereocenters. The minimum absolute atomic E-state index is 0.338. The zero-order valence-electron chi connectivity index (χ0n) is 10.9. The van der Waals surface area contributed by atoms with Crippen molar-refractivity contribution in [2.75, 3.05) is 13.7 Å². The van der Waals surface area contributed by atoms with Crippen LogP contribution in [0.5, 0.6) is 5.75 Å². The Hall–Kier alpha value is -2.36. The van der Waals surface area contributed by atoms with Gasteiger partial charge < -0.3 is 9.47 Å². The van der Waals surface area contributed by atoms with E-state index in [0.717, 1.165) is 11.1 Å². The van der Waals surface area contributed by atoms with Crippen molar-refractivity contribution >= 4 is 5.97 Å². The maximum absolute atomic E-state index is 11.7. The molecular formula is C15H15NO3. The largest absolute Gasteiger partial charge is 0.496 e. The van der Waals surface area contributed by atoms with Gasteiger partial charge in [-0.05, 0) is 31.2 Å². The maximum atomic E-state index is 11.7. The molecule has 0 saturated carbocycles. The van der Waals surface area contributed by atoms with E-state index in [9.17, 15) is 4.79 Å². The van der Waals surface area contributed by atoms with Gasteiger partial charge in [0.05, 0.1) is 19.3 Å². The van der Waals surface area contributed by atoms with Gasteiger partial charge in [-0.2, -0.15) is 0 Å². The lowest BCUT2D eigenvalue weighted by Gasteiger charge is -2.10. The van der Waals surface area contributed by atoms with Gasteiger partial charge in [-0.1, -0.05) is 6.07 Å². The van der Waals surface area contributed by atoms with Crippen molar-refractivity contribution in [1.29, 1.82) is 0 Å². The Balaban J connectivity index is 2.46. The van der Waals surface area contributed by atoms with Gasteiger partial charge in [0, 0.05) is 23.5 Å². The molecule has 19 heavy (non-hydrogen) atoms. The lowest BCUT2D eigenvalue weighted by Crippen LogP contribution is -2.05. The van der Waals surface area contributed by atoms with Crippen molar-refractivity contribution in [2.45, 2.75) is 6.92 Å². The summed E-state index contributed by atoms with van der Waals surface area (Å²) >= 11 is 0. The third-order valence-corrected chi connectivity index (χ3v) is 2.68. The summed E-state index contributed by atoms with van der Waals surface area (Å²) in [7, 11) is 1.60. The Morgan fingerprint density at radius 3 is 2.79 bits per heavy atom. The van der Waals surface area contributed by atoms with Crippen LogP contribution >= 0.6 is 0 Å². The van der Waals surface area contributed by atoms with Gasteiger partial charge in [0.2, 0.25) is 0 Å². The molecule has 2 aromatic rings. The summed E-state index contributed by atoms with van der Waals surface area (Å²) in [5.74, 6) is 0.358. The van der Waals surface area contributed by atoms with Gasteiger partial charge in [-0.15, -0.1) is 0 Å². The van der Waals surface area contributed by atoms with E-state index in [2.05, 4.69) is 4.98 Å². The molecule has 0 atom stereocenters. The highest BCUT2D eigenvalue weighted by atomic mass is 16.5. The minimum Gasteiger partial charge on any atom is -0.496 e. The quantitative estimate of drug-likeness (QED) is 0.790. The summed E-state index contributed by atoms with van der Waals surface area (Å²) < 4.78 is 10.3. The van der Waals surface area contributed by atoms with E-state index < -0.39 is 0 Å². The van der Waals surface area contributed by atoms with Crippen LogP contribution in [0.4, 0.5) is 0 Å². The monoisotopic (exact) mass is 257 g/mol. The van der Waals surface area contributed by atoms with Crippen LogP contribution in [0.25, 0.3) is 11.1 Å². The average Bonchev–Trinajstić information content (AvgIpc) is 2.47. The molecule has 0 aliphatic rings. The first-order valence-electron chi connectivity index (χ1n) is 6.01. The molecule has 4 heteroatoms. The number of pyridine rings is 1. The summed E-state index contributed by atoms with van der Waals surface area (Å²) in [5, 5.41) is 0. The maximum Gasteiger partial charge on any atom is 0.338 e. The Morgan fingerprint density at radius 1 is 1.32 bits per heavy atom. The van der Waals surface area contributed by atoms with E-state index in [4.69, 9.17) is 9.47 Å². The fourth-order valence-electron chi connectivity index (χ4n) is 1.80. The van der Waals surface area contributed by atoms with E-state index in [1.165, 1.54) is 0 Å². The van der Waals surface area contributed by atoms with Crippen molar-refractivity contribution < 1.29 is 14.3 Å². The summed E-state index contributed by atoms with van der Waals surface area (Å²) in [6.45, 7) is 2.14. The minimum atomic E-state index is -0.338. The number of nitrogens with zero attached hydrogens (tertiary/aromatic N) is 1. The van der Waals surface area contributed by atoms with E-state index in [1.54, 1.807) is 44.6 Å². The van der Waals surface area contributed by atoms with Crippen molar-refractivity contribution in [2.24, 2.45) is 0 Å². The van der Waals surface area contributed by atoms with Crippen LogP contribution in [0.15, 0.2) is 42.7 Å². The highest BCUT2D eigenvalue weighted by Gasteiger charge is 2.12. The number of carbonyl (C=O) groups is 1. The van der Waals surface area contributed by atoms with Gasteiger partial charge in [0.15, 0.2) is 0 Å². The topological polar surface area (TPSA) is 48.4 Å². The summed E-state index contributed by atoms with van der Waals surface area (Å²) in [6, 6.07) is 8.96. The molecule has 0 amide bonds. The molecule has 0 spiro atoms. The third-order valence-electron chi connectivity index (χ3n) is 2.68. The molecule has 0 aliphatic carbocycles.